The van der Waals surface area contributed by atoms with E-state index >= 15 is 0 Å². The van der Waals surface area contributed by atoms with Crippen molar-refractivity contribution in [2.45, 2.75) is 44.9 Å². The second-order valence-corrected chi connectivity index (χ2v) is 4.85. The van der Waals surface area contributed by atoms with Gasteiger partial charge >= 0.3 is 0 Å². The summed E-state index contributed by atoms with van der Waals surface area (Å²) in [5.41, 5.74) is 2.01. The molecule has 0 spiro atoms. The van der Waals surface area contributed by atoms with Crippen LogP contribution in [0.1, 0.15) is 60.9 Å². The standard InChI is InChI=1S/C15H20O2/c1-11(16)14-9-8-13(10-15(14)17-2)12-6-4-3-5-7-12/h8-10,12H,3-7H2,1-2H3. The van der Waals surface area contributed by atoms with Gasteiger partial charge in [0.15, 0.2) is 5.78 Å². The molecule has 1 aliphatic rings. The van der Waals surface area contributed by atoms with Gasteiger partial charge in [0.25, 0.3) is 0 Å². The topological polar surface area (TPSA) is 26.3 Å². The molecule has 1 aromatic carbocycles. The number of ether oxygens (including phenoxy) is 1. The molecule has 1 aliphatic carbocycles. The SMILES string of the molecule is COc1cc(C2CCCCC2)ccc1C(C)=O. The van der Waals surface area contributed by atoms with Crippen LogP contribution in [-0.2, 0) is 0 Å². The predicted molar refractivity (Wildman–Crippen MR) is 68.8 cm³/mol. The van der Waals surface area contributed by atoms with Crippen molar-refractivity contribution >= 4 is 5.78 Å². The monoisotopic (exact) mass is 232 g/mol. The lowest BCUT2D eigenvalue weighted by Gasteiger charge is -2.22. The molecule has 0 bridgehead atoms. The summed E-state index contributed by atoms with van der Waals surface area (Å²) in [6.07, 6.45) is 6.53. The molecule has 0 N–H and O–H groups in total. The van der Waals surface area contributed by atoms with E-state index in [2.05, 4.69) is 6.07 Å². The molecule has 0 heterocycles. The fraction of sp³-hybridized carbons (Fsp3) is 0.533. The third-order valence-corrected chi connectivity index (χ3v) is 3.68. The maximum atomic E-state index is 11.4. The van der Waals surface area contributed by atoms with Gasteiger partial charge in [-0.15, -0.1) is 0 Å². The van der Waals surface area contributed by atoms with Gasteiger partial charge in [-0.05, 0) is 43.4 Å². The molecule has 0 amide bonds. The van der Waals surface area contributed by atoms with Crippen LogP contribution in [-0.4, -0.2) is 12.9 Å². The molecular formula is C15H20O2. The molecule has 2 rings (SSSR count). The third kappa shape index (κ3) is 2.68. The van der Waals surface area contributed by atoms with E-state index in [1.54, 1.807) is 14.0 Å². The molecule has 17 heavy (non-hydrogen) atoms. The van der Waals surface area contributed by atoms with Crippen molar-refractivity contribution in [3.63, 3.8) is 0 Å². The fourth-order valence-electron chi connectivity index (χ4n) is 2.69. The number of carbonyl (C=O) groups is 1. The zero-order valence-electron chi connectivity index (χ0n) is 10.7. The van der Waals surface area contributed by atoms with Gasteiger partial charge in [-0.1, -0.05) is 25.3 Å². The summed E-state index contributed by atoms with van der Waals surface area (Å²) in [7, 11) is 1.63. The van der Waals surface area contributed by atoms with Crippen molar-refractivity contribution in [3.05, 3.63) is 29.3 Å². The molecule has 92 valence electrons. The Labute approximate surface area is 103 Å². The maximum Gasteiger partial charge on any atom is 0.163 e. The van der Waals surface area contributed by atoms with Gasteiger partial charge in [-0.3, -0.25) is 4.79 Å². The number of methoxy groups -OCH3 is 1. The van der Waals surface area contributed by atoms with Crippen LogP contribution in [0.3, 0.4) is 0 Å². The molecule has 1 fully saturated rings. The van der Waals surface area contributed by atoms with Crippen LogP contribution in [0, 0.1) is 0 Å². The van der Waals surface area contributed by atoms with Gasteiger partial charge < -0.3 is 4.74 Å². The van der Waals surface area contributed by atoms with Crippen LogP contribution < -0.4 is 4.74 Å². The number of benzene rings is 1. The van der Waals surface area contributed by atoms with Crippen molar-refractivity contribution in [1.82, 2.24) is 0 Å². The van der Waals surface area contributed by atoms with E-state index in [-0.39, 0.29) is 5.78 Å². The Morgan fingerprint density at radius 2 is 1.94 bits per heavy atom. The van der Waals surface area contributed by atoms with Gasteiger partial charge in [0.05, 0.1) is 12.7 Å². The Morgan fingerprint density at radius 1 is 1.24 bits per heavy atom. The maximum absolute atomic E-state index is 11.4. The normalized spacial score (nSPS) is 16.8. The molecule has 0 aromatic heterocycles. The fourth-order valence-corrected chi connectivity index (χ4v) is 2.69. The van der Waals surface area contributed by atoms with E-state index in [4.69, 9.17) is 4.74 Å². The quantitative estimate of drug-likeness (QED) is 0.738. The Hall–Kier alpha value is -1.31. The van der Waals surface area contributed by atoms with E-state index in [1.807, 2.05) is 12.1 Å². The van der Waals surface area contributed by atoms with E-state index in [0.29, 0.717) is 11.5 Å². The Morgan fingerprint density at radius 3 is 2.53 bits per heavy atom. The molecule has 2 nitrogen and oxygen atoms in total. The lowest BCUT2D eigenvalue weighted by Crippen LogP contribution is -2.06. The predicted octanol–water partition coefficient (Wildman–Crippen LogP) is 3.95. The number of hydrogen-bond acceptors (Lipinski definition) is 2. The summed E-state index contributed by atoms with van der Waals surface area (Å²) >= 11 is 0. The molecule has 0 atom stereocenters. The van der Waals surface area contributed by atoms with Crippen molar-refractivity contribution < 1.29 is 9.53 Å². The first-order valence-electron chi connectivity index (χ1n) is 6.41. The molecular weight excluding hydrogens is 212 g/mol. The summed E-state index contributed by atoms with van der Waals surface area (Å²) in [4.78, 5) is 11.4. The lowest BCUT2D eigenvalue weighted by atomic mass is 9.83. The van der Waals surface area contributed by atoms with E-state index in [1.165, 1.54) is 37.7 Å². The largest absolute Gasteiger partial charge is 0.496 e. The molecule has 0 unspecified atom stereocenters. The second kappa shape index (κ2) is 5.35. The van der Waals surface area contributed by atoms with Crippen LogP contribution in [0.15, 0.2) is 18.2 Å². The Balaban J connectivity index is 2.27. The van der Waals surface area contributed by atoms with Crippen molar-refractivity contribution in [2.24, 2.45) is 0 Å². The summed E-state index contributed by atoms with van der Waals surface area (Å²) in [5, 5.41) is 0. The first-order chi connectivity index (χ1) is 8.22. The summed E-state index contributed by atoms with van der Waals surface area (Å²) in [6, 6.07) is 6.05. The molecule has 1 aromatic rings. The minimum Gasteiger partial charge on any atom is -0.496 e. The highest BCUT2D eigenvalue weighted by atomic mass is 16.5. The van der Waals surface area contributed by atoms with E-state index < -0.39 is 0 Å². The van der Waals surface area contributed by atoms with Gasteiger partial charge in [-0.2, -0.15) is 0 Å². The average Bonchev–Trinajstić information content (AvgIpc) is 2.39. The van der Waals surface area contributed by atoms with Crippen LogP contribution in [0.5, 0.6) is 5.75 Å². The minimum atomic E-state index is 0.0667. The summed E-state index contributed by atoms with van der Waals surface area (Å²) in [6.45, 7) is 1.58. The van der Waals surface area contributed by atoms with Crippen LogP contribution >= 0.6 is 0 Å². The summed E-state index contributed by atoms with van der Waals surface area (Å²) < 4.78 is 5.32. The van der Waals surface area contributed by atoms with Crippen molar-refractivity contribution in [2.75, 3.05) is 7.11 Å². The smallest absolute Gasteiger partial charge is 0.163 e. The Kier molecular flexibility index (Phi) is 3.82. The average molecular weight is 232 g/mol. The molecule has 0 saturated heterocycles. The number of carbonyl (C=O) groups excluding carboxylic acids is 1. The third-order valence-electron chi connectivity index (χ3n) is 3.68. The highest BCUT2D eigenvalue weighted by molar-refractivity contribution is 5.96. The first-order valence-corrected chi connectivity index (χ1v) is 6.41. The number of rotatable bonds is 3. The van der Waals surface area contributed by atoms with Crippen molar-refractivity contribution in [1.29, 1.82) is 0 Å². The number of ketones is 1. The van der Waals surface area contributed by atoms with Crippen LogP contribution in [0.4, 0.5) is 0 Å². The van der Waals surface area contributed by atoms with E-state index in [0.717, 1.165) is 5.75 Å². The van der Waals surface area contributed by atoms with E-state index in [9.17, 15) is 4.79 Å². The van der Waals surface area contributed by atoms with Gasteiger partial charge in [-0.25, -0.2) is 0 Å². The van der Waals surface area contributed by atoms with Crippen LogP contribution in [0.2, 0.25) is 0 Å². The van der Waals surface area contributed by atoms with Crippen LogP contribution in [0.25, 0.3) is 0 Å². The highest BCUT2D eigenvalue weighted by Crippen LogP contribution is 2.35. The van der Waals surface area contributed by atoms with Gasteiger partial charge in [0.1, 0.15) is 5.75 Å². The molecule has 2 heteroatoms. The lowest BCUT2D eigenvalue weighted by molar-refractivity contribution is 0.101. The second-order valence-electron chi connectivity index (χ2n) is 4.85. The Bertz CT molecular complexity index is 403. The highest BCUT2D eigenvalue weighted by Gasteiger charge is 2.17. The van der Waals surface area contributed by atoms with Gasteiger partial charge in [0.2, 0.25) is 0 Å². The molecule has 0 radical (unpaired) electrons. The molecule has 1 saturated carbocycles. The number of Topliss-reactive ketones (excluding diaryl/α,β-unsaturated/α-hetero) is 1. The number of hydrogen-bond donors (Lipinski definition) is 0. The zero-order valence-corrected chi connectivity index (χ0v) is 10.7. The molecule has 0 aliphatic heterocycles. The minimum absolute atomic E-state index is 0.0667. The zero-order chi connectivity index (χ0) is 12.3. The van der Waals surface area contributed by atoms with Crippen molar-refractivity contribution in [3.8, 4) is 5.75 Å². The van der Waals surface area contributed by atoms with Gasteiger partial charge in [0, 0.05) is 0 Å². The summed E-state index contributed by atoms with van der Waals surface area (Å²) in [5.74, 6) is 1.44. The first kappa shape index (κ1) is 12.2.